The first-order valence-corrected chi connectivity index (χ1v) is 6.79. The molecule has 0 atom stereocenters. The predicted octanol–water partition coefficient (Wildman–Crippen LogP) is 2.83. The molecule has 0 bridgehead atoms. The molecule has 0 aliphatic heterocycles. The highest BCUT2D eigenvalue weighted by Crippen LogP contribution is 2.45. The largest absolute Gasteiger partial charge is 0.494 e. The first kappa shape index (κ1) is 13.2. The van der Waals surface area contributed by atoms with Gasteiger partial charge in [0.05, 0.1) is 6.61 Å². The maximum absolute atomic E-state index is 11.9. The molecule has 4 heteroatoms. The number of nitrogens with one attached hydrogen (secondary N) is 1. The van der Waals surface area contributed by atoms with E-state index in [1.165, 1.54) is 0 Å². The van der Waals surface area contributed by atoms with Crippen LogP contribution in [-0.2, 0) is 0 Å². The summed E-state index contributed by atoms with van der Waals surface area (Å²) in [6, 6.07) is 7.18. The van der Waals surface area contributed by atoms with E-state index in [4.69, 9.17) is 16.3 Å². The van der Waals surface area contributed by atoms with E-state index in [-0.39, 0.29) is 11.3 Å². The van der Waals surface area contributed by atoms with E-state index in [2.05, 4.69) is 5.32 Å². The zero-order valence-electron chi connectivity index (χ0n) is 10.5. The lowest BCUT2D eigenvalue weighted by atomic mass is 10.1. The number of rotatable bonds is 6. The smallest absolute Gasteiger partial charge is 0.251 e. The van der Waals surface area contributed by atoms with Crippen LogP contribution in [-0.4, -0.2) is 24.9 Å². The summed E-state index contributed by atoms with van der Waals surface area (Å²) in [5.41, 5.74) is 0.812. The van der Waals surface area contributed by atoms with Crippen LogP contribution in [0.1, 0.15) is 30.1 Å². The van der Waals surface area contributed by atoms with Gasteiger partial charge in [0.15, 0.2) is 0 Å². The van der Waals surface area contributed by atoms with Gasteiger partial charge in [0.1, 0.15) is 5.75 Å². The maximum Gasteiger partial charge on any atom is 0.251 e. The Hall–Kier alpha value is -1.22. The van der Waals surface area contributed by atoms with Crippen LogP contribution in [0.2, 0.25) is 0 Å². The summed E-state index contributed by atoms with van der Waals surface area (Å²) in [7, 11) is 0. The number of carbonyl (C=O) groups is 1. The SMILES string of the molecule is CCOc1ccc(C(=O)NCC2(CCl)CC2)cc1. The molecule has 1 N–H and O–H groups in total. The van der Waals surface area contributed by atoms with Crippen molar-refractivity contribution >= 4 is 17.5 Å². The molecule has 1 aliphatic carbocycles. The number of benzene rings is 1. The Kier molecular flexibility index (Phi) is 4.12. The molecular weight excluding hydrogens is 250 g/mol. The fourth-order valence-corrected chi connectivity index (χ4v) is 2.14. The molecule has 0 saturated heterocycles. The van der Waals surface area contributed by atoms with Gasteiger partial charge in [-0.2, -0.15) is 0 Å². The number of amides is 1. The fraction of sp³-hybridized carbons (Fsp3) is 0.500. The van der Waals surface area contributed by atoms with E-state index in [9.17, 15) is 4.79 Å². The summed E-state index contributed by atoms with van der Waals surface area (Å²) in [5, 5.41) is 2.94. The van der Waals surface area contributed by atoms with Crippen LogP contribution in [0, 0.1) is 5.41 Å². The zero-order chi connectivity index (χ0) is 13.0. The van der Waals surface area contributed by atoms with Crippen LogP contribution in [0.15, 0.2) is 24.3 Å². The Morgan fingerprint density at radius 2 is 2.06 bits per heavy atom. The third kappa shape index (κ3) is 3.16. The molecule has 1 fully saturated rings. The van der Waals surface area contributed by atoms with Gasteiger partial charge < -0.3 is 10.1 Å². The molecule has 1 saturated carbocycles. The van der Waals surface area contributed by atoms with Gasteiger partial charge in [-0.25, -0.2) is 0 Å². The Balaban J connectivity index is 1.88. The van der Waals surface area contributed by atoms with Crippen molar-refractivity contribution in [2.45, 2.75) is 19.8 Å². The van der Waals surface area contributed by atoms with Gasteiger partial charge in [0.2, 0.25) is 0 Å². The van der Waals surface area contributed by atoms with Crippen molar-refractivity contribution in [1.29, 1.82) is 0 Å². The summed E-state index contributed by atoms with van der Waals surface area (Å²) in [4.78, 5) is 11.9. The highest BCUT2D eigenvalue weighted by molar-refractivity contribution is 6.18. The lowest BCUT2D eigenvalue weighted by Crippen LogP contribution is -2.30. The van der Waals surface area contributed by atoms with Crippen LogP contribution in [0.3, 0.4) is 0 Å². The van der Waals surface area contributed by atoms with Gasteiger partial charge in [0, 0.05) is 23.4 Å². The monoisotopic (exact) mass is 267 g/mol. The first-order chi connectivity index (χ1) is 8.69. The second-order valence-corrected chi connectivity index (χ2v) is 5.04. The molecule has 0 spiro atoms. The lowest BCUT2D eigenvalue weighted by Gasteiger charge is -2.12. The standard InChI is InChI=1S/C14H18ClNO2/c1-2-18-12-5-3-11(4-6-12)13(17)16-10-14(9-15)7-8-14/h3-6H,2,7-10H2,1H3,(H,16,17). The third-order valence-corrected chi connectivity index (χ3v) is 3.86. The Morgan fingerprint density at radius 1 is 1.39 bits per heavy atom. The molecule has 3 nitrogen and oxygen atoms in total. The molecule has 1 amide bonds. The minimum atomic E-state index is -0.0468. The number of ether oxygens (including phenoxy) is 1. The molecule has 18 heavy (non-hydrogen) atoms. The fourth-order valence-electron chi connectivity index (χ4n) is 1.77. The van der Waals surface area contributed by atoms with Crippen molar-refractivity contribution in [3.63, 3.8) is 0 Å². The van der Waals surface area contributed by atoms with Gasteiger partial charge in [-0.3, -0.25) is 4.79 Å². The Labute approximate surface area is 112 Å². The minimum Gasteiger partial charge on any atom is -0.494 e. The molecule has 2 rings (SSSR count). The van der Waals surface area contributed by atoms with Crippen LogP contribution in [0.4, 0.5) is 0 Å². The second kappa shape index (κ2) is 5.61. The molecule has 1 aliphatic rings. The van der Waals surface area contributed by atoms with Crippen LogP contribution in [0.25, 0.3) is 0 Å². The Bertz CT molecular complexity index is 412. The van der Waals surface area contributed by atoms with Crippen LogP contribution < -0.4 is 10.1 Å². The van der Waals surface area contributed by atoms with Crippen LogP contribution in [0.5, 0.6) is 5.75 Å². The van der Waals surface area contributed by atoms with Gasteiger partial charge in [-0.1, -0.05) is 0 Å². The van der Waals surface area contributed by atoms with Crippen molar-refractivity contribution in [1.82, 2.24) is 5.32 Å². The summed E-state index contributed by atoms with van der Waals surface area (Å²) in [5.74, 6) is 1.36. The Morgan fingerprint density at radius 3 is 2.56 bits per heavy atom. The third-order valence-electron chi connectivity index (χ3n) is 3.29. The number of hydrogen-bond acceptors (Lipinski definition) is 2. The van der Waals surface area contributed by atoms with Crippen molar-refractivity contribution in [3.8, 4) is 5.75 Å². The average molecular weight is 268 g/mol. The molecule has 98 valence electrons. The van der Waals surface area contributed by atoms with E-state index >= 15 is 0 Å². The lowest BCUT2D eigenvalue weighted by molar-refractivity contribution is 0.0946. The number of hydrogen-bond donors (Lipinski definition) is 1. The molecule has 1 aromatic rings. The predicted molar refractivity (Wildman–Crippen MR) is 72.3 cm³/mol. The van der Waals surface area contributed by atoms with E-state index in [0.29, 0.717) is 24.6 Å². The molecule has 0 unspecified atom stereocenters. The van der Waals surface area contributed by atoms with Crippen molar-refractivity contribution in [2.24, 2.45) is 5.41 Å². The zero-order valence-corrected chi connectivity index (χ0v) is 11.3. The minimum absolute atomic E-state index is 0.0468. The van der Waals surface area contributed by atoms with E-state index in [1.807, 2.05) is 19.1 Å². The quantitative estimate of drug-likeness (QED) is 0.805. The highest BCUT2D eigenvalue weighted by Gasteiger charge is 2.41. The highest BCUT2D eigenvalue weighted by atomic mass is 35.5. The molecule has 0 aromatic heterocycles. The summed E-state index contributed by atoms with van der Waals surface area (Å²) in [6.07, 6.45) is 2.22. The summed E-state index contributed by atoms with van der Waals surface area (Å²) < 4.78 is 5.33. The van der Waals surface area contributed by atoms with E-state index in [0.717, 1.165) is 18.6 Å². The topological polar surface area (TPSA) is 38.3 Å². The maximum atomic E-state index is 11.9. The number of halogens is 1. The van der Waals surface area contributed by atoms with E-state index < -0.39 is 0 Å². The van der Waals surface area contributed by atoms with Crippen molar-refractivity contribution < 1.29 is 9.53 Å². The van der Waals surface area contributed by atoms with Gasteiger partial charge >= 0.3 is 0 Å². The molecule has 0 heterocycles. The van der Waals surface area contributed by atoms with Crippen LogP contribution >= 0.6 is 11.6 Å². The first-order valence-electron chi connectivity index (χ1n) is 6.26. The molecule has 1 aromatic carbocycles. The van der Waals surface area contributed by atoms with Gasteiger partial charge in [0.25, 0.3) is 5.91 Å². The molecular formula is C14H18ClNO2. The second-order valence-electron chi connectivity index (χ2n) is 4.77. The van der Waals surface area contributed by atoms with Crippen molar-refractivity contribution in [2.75, 3.05) is 19.0 Å². The van der Waals surface area contributed by atoms with Gasteiger partial charge in [-0.15, -0.1) is 11.6 Å². The summed E-state index contributed by atoms with van der Waals surface area (Å²) >= 11 is 5.87. The van der Waals surface area contributed by atoms with E-state index in [1.54, 1.807) is 12.1 Å². The van der Waals surface area contributed by atoms with Gasteiger partial charge in [-0.05, 0) is 44.0 Å². The summed E-state index contributed by atoms with van der Waals surface area (Å²) in [6.45, 7) is 3.23. The van der Waals surface area contributed by atoms with Crippen molar-refractivity contribution in [3.05, 3.63) is 29.8 Å². The number of alkyl halides is 1. The number of carbonyl (C=O) groups excluding carboxylic acids is 1. The normalized spacial score (nSPS) is 16.1. The average Bonchev–Trinajstić information content (AvgIpc) is 3.18. The molecule has 0 radical (unpaired) electrons.